The molecule has 1 heterocycles. The van der Waals surface area contributed by atoms with Crippen LogP contribution in [0.5, 0.6) is 0 Å². The van der Waals surface area contributed by atoms with Gasteiger partial charge in [0.1, 0.15) is 0 Å². The minimum atomic E-state index is -0.463. The first-order valence-electron chi connectivity index (χ1n) is 7.14. The first kappa shape index (κ1) is 14.1. The fourth-order valence-electron chi connectivity index (χ4n) is 2.45. The molecule has 0 saturated heterocycles. The summed E-state index contributed by atoms with van der Waals surface area (Å²) >= 11 is 1.67. The standard InChI is InChI=1S/C19H18OS/c1-14(15-8-4-2-5-9-15)19(20)18-13-12-17(21-18)16-10-6-3-7-11-16/h2-14,19-20H,1H3. The van der Waals surface area contributed by atoms with Gasteiger partial charge in [0.15, 0.2) is 0 Å². The lowest BCUT2D eigenvalue weighted by atomic mass is 9.94. The van der Waals surface area contributed by atoms with Crippen LogP contribution < -0.4 is 0 Å². The van der Waals surface area contributed by atoms with Gasteiger partial charge in [0.25, 0.3) is 0 Å². The van der Waals surface area contributed by atoms with Crippen molar-refractivity contribution in [2.45, 2.75) is 18.9 Å². The van der Waals surface area contributed by atoms with E-state index in [4.69, 9.17) is 0 Å². The molecule has 3 aromatic rings. The van der Waals surface area contributed by atoms with Gasteiger partial charge >= 0.3 is 0 Å². The predicted molar refractivity (Wildman–Crippen MR) is 89.6 cm³/mol. The second-order valence-corrected chi connectivity index (χ2v) is 6.33. The summed E-state index contributed by atoms with van der Waals surface area (Å²) in [7, 11) is 0. The maximum Gasteiger partial charge on any atom is 0.0947 e. The summed E-state index contributed by atoms with van der Waals surface area (Å²) < 4.78 is 0. The smallest absolute Gasteiger partial charge is 0.0947 e. The van der Waals surface area contributed by atoms with Crippen LogP contribution in [0.3, 0.4) is 0 Å². The number of aliphatic hydroxyl groups excluding tert-OH is 1. The number of benzene rings is 2. The molecule has 106 valence electrons. The molecule has 0 aliphatic carbocycles. The van der Waals surface area contributed by atoms with Crippen LogP contribution in [-0.4, -0.2) is 5.11 Å². The van der Waals surface area contributed by atoms with Gasteiger partial charge in [0, 0.05) is 15.7 Å². The minimum Gasteiger partial charge on any atom is -0.387 e. The Labute approximate surface area is 129 Å². The fourth-order valence-corrected chi connectivity index (χ4v) is 3.56. The molecule has 1 nitrogen and oxygen atoms in total. The Morgan fingerprint density at radius 3 is 2.10 bits per heavy atom. The second-order valence-electron chi connectivity index (χ2n) is 5.21. The number of hydrogen-bond acceptors (Lipinski definition) is 2. The fraction of sp³-hybridized carbons (Fsp3) is 0.158. The lowest BCUT2D eigenvalue weighted by molar-refractivity contribution is 0.155. The maximum atomic E-state index is 10.6. The molecule has 0 aliphatic rings. The van der Waals surface area contributed by atoms with E-state index >= 15 is 0 Å². The third-order valence-electron chi connectivity index (χ3n) is 3.78. The molecule has 3 rings (SSSR count). The lowest BCUT2D eigenvalue weighted by Gasteiger charge is -2.18. The van der Waals surface area contributed by atoms with Crippen LogP contribution in [0.4, 0.5) is 0 Å². The molecular formula is C19H18OS. The third kappa shape index (κ3) is 3.07. The molecule has 0 amide bonds. The minimum absolute atomic E-state index is 0.0912. The zero-order valence-corrected chi connectivity index (χ0v) is 12.8. The van der Waals surface area contributed by atoms with Crippen molar-refractivity contribution in [3.05, 3.63) is 83.2 Å². The Morgan fingerprint density at radius 1 is 0.810 bits per heavy atom. The summed E-state index contributed by atoms with van der Waals surface area (Å²) in [5.41, 5.74) is 2.37. The average molecular weight is 294 g/mol. The summed E-state index contributed by atoms with van der Waals surface area (Å²) in [6, 6.07) is 24.6. The predicted octanol–water partition coefficient (Wildman–Crippen LogP) is 5.25. The van der Waals surface area contributed by atoms with Crippen LogP contribution in [0.15, 0.2) is 72.8 Å². The summed E-state index contributed by atoms with van der Waals surface area (Å²) in [6.07, 6.45) is -0.463. The van der Waals surface area contributed by atoms with Crippen LogP contribution in [0.25, 0.3) is 10.4 Å². The average Bonchev–Trinajstić information content (AvgIpc) is 3.05. The van der Waals surface area contributed by atoms with Gasteiger partial charge in [-0.15, -0.1) is 11.3 Å². The number of aliphatic hydroxyl groups is 1. The van der Waals surface area contributed by atoms with Crippen molar-refractivity contribution < 1.29 is 5.11 Å². The summed E-state index contributed by atoms with van der Waals surface area (Å²) in [5.74, 6) is 0.0912. The second kappa shape index (κ2) is 6.25. The zero-order valence-electron chi connectivity index (χ0n) is 11.9. The maximum absolute atomic E-state index is 10.6. The van der Waals surface area contributed by atoms with Gasteiger partial charge < -0.3 is 5.11 Å². The van der Waals surface area contributed by atoms with E-state index in [1.807, 2.05) is 42.5 Å². The summed E-state index contributed by atoms with van der Waals surface area (Å²) in [6.45, 7) is 2.07. The van der Waals surface area contributed by atoms with E-state index < -0.39 is 6.10 Å². The van der Waals surface area contributed by atoms with Gasteiger partial charge in [-0.2, -0.15) is 0 Å². The molecule has 2 atom stereocenters. The highest BCUT2D eigenvalue weighted by atomic mass is 32.1. The molecule has 0 saturated carbocycles. The molecule has 1 aromatic heterocycles. The molecule has 0 aliphatic heterocycles. The van der Waals surface area contributed by atoms with Crippen molar-refractivity contribution in [1.29, 1.82) is 0 Å². The number of thiophene rings is 1. The SMILES string of the molecule is CC(c1ccccc1)C(O)c1ccc(-c2ccccc2)s1. The topological polar surface area (TPSA) is 20.2 Å². The molecule has 1 N–H and O–H groups in total. The molecule has 0 bridgehead atoms. The highest BCUT2D eigenvalue weighted by molar-refractivity contribution is 7.15. The van der Waals surface area contributed by atoms with Crippen LogP contribution in [0.1, 0.15) is 29.4 Å². The first-order chi connectivity index (χ1) is 10.3. The molecule has 2 aromatic carbocycles. The molecule has 2 unspecified atom stereocenters. The van der Waals surface area contributed by atoms with Crippen LogP contribution in [0, 0.1) is 0 Å². The number of rotatable bonds is 4. The molecule has 21 heavy (non-hydrogen) atoms. The normalized spacial score (nSPS) is 13.8. The van der Waals surface area contributed by atoms with Gasteiger partial charge in [-0.3, -0.25) is 0 Å². The monoisotopic (exact) mass is 294 g/mol. The number of hydrogen-bond donors (Lipinski definition) is 1. The highest BCUT2D eigenvalue weighted by Gasteiger charge is 2.20. The Kier molecular flexibility index (Phi) is 4.18. The highest BCUT2D eigenvalue weighted by Crippen LogP contribution is 2.37. The quantitative estimate of drug-likeness (QED) is 0.696. The van der Waals surface area contributed by atoms with Crippen molar-refractivity contribution in [1.82, 2.24) is 0 Å². The molecule has 0 spiro atoms. The van der Waals surface area contributed by atoms with Crippen molar-refractivity contribution in [2.75, 3.05) is 0 Å². The van der Waals surface area contributed by atoms with Crippen molar-refractivity contribution in [3.63, 3.8) is 0 Å². The van der Waals surface area contributed by atoms with Crippen molar-refractivity contribution >= 4 is 11.3 Å². The van der Waals surface area contributed by atoms with E-state index in [2.05, 4.69) is 37.3 Å². The van der Waals surface area contributed by atoms with E-state index in [0.717, 1.165) is 4.88 Å². The van der Waals surface area contributed by atoms with Gasteiger partial charge in [-0.1, -0.05) is 67.6 Å². The van der Waals surface area contributed by atoms with E-state index in [1.165, 1.54) is 16.0 Å². The van der Waals surface area contributed by atoms with Crippen LogP contribution >= 0.6 is 11.3 Å². The first-order valence-corrected chi connectivity index (χ1v) is 7.95. The molecule has 0 fully saturated rings. The molecule has 2 heteroatoms. The molecule has 0 radical (unpaired) electrons. The van der Waals surface area contributed by atoms with E-state index in [0.29, 0.717) is 0 Å². The largest absolute Gasteiger partial charge is 0.387 e. The zero-order chi connectivity index (χ0) is 14.7. The Hall–Kier alpha value is -1.90. The van der Waals surface area contributed by atoms with Gasteiger partial charge in [-0.05, 0) is 23.3 Å². The third-order valence-corrected chi connectivity index (χ3v) is 4.98. The van der Waals surface area contributed by atoms with Gasteiger partial charge in [-0.25, -0.2) is 0 Å². The molecular weight excluding hydrogens is 276 g/mol. The van der Waals surface area contributed by atoms with Crippen LogP contribution in [0.2, 0.25) is 0 Å². The van der Waals surface area contributed by atoms with Crippen molar-refractivity contribution in [3.8, 4) is 10.4 Å². The van der Waals surface area contributed by atoms with Gasteiger partial charge in [0.2, 0.25) is 0 Å². The summed E-state index contributed by atoms with van der Waals surface area (Å²) in [5, 5.41) is 10.6. The van der Waals surface area contributed by atoms with Crippen molar-refractivity contribution in [2.24, 2.45) is 0 Å². The lowest BCUT2D eigenvalue weighted by Crippen LogP contribution is -2.05. The Balaban J connectivity index is 1.83. The van der Waals surface area contributed by atoms with Crippen LogP contribution in [-0.2, 0) is 0 Å². The Morgan fingerprint density at radius 2 is 1.43 bits per heavy atom. The van der Waals surface area contributed by atoms with E-state index in [1.54, 1.807) is 11.3 Å². The van der Waals surface area contributed by atoms with Gasteiger partial charge in [0.05, 0.1) is 6.10 Å². The van der Waals surface area contributed by atoms with E-state index in [-0.39, 0.29) is 5.92 Å². The Bertz CT molecular complexity index is 688. The summed E-state index contributed by atoms with van der Waals surface area (Å²) in [4.78, 5) is 2.22. The van der Waals surface area contributed by atoms with E-state index in [9.17, 15) is 5.11 Å².